The van der Waals surface area contributed by atoms with Crippen LogP contribution in [0.4, 0.5) is 5.69 Å². The third-order valence-corrected chi connectivity index (χ3v) is 5.07. The van der Waals surface area contributed by atoms with Crippen LogP contribution in [0.5, 0.6) is 0 Å². The molecule has 0 spiro atoms. The van der Waals surface area contributed by atoms with E-state index in [2.05, 4.69) is 10.2 Å². The number of para-hydroxylation sites is 1. The fourth-order valence-electron chi connectivity index (χ4n) is 3.52. The number of nitrogens with one attached hydrogen (secondary N) is 1. The van der Waals surface area contributed by atoms with Gasteiger partial charge in [-0.05, 0) is 25.0 Å². The molecule has 1 fully saturated rings. The molecule has 0 aliphatic carbocycles. The Balaban J connectivity index is 1.73. The van der Waals surface area contributed by atoms with Gasteiger partial charge in [0.2, 0.25) is 5.91 Å². The SMILES string of the molecule is CCC(=O)N(c1ccccc1)C1CCN(CCNCC(=O)CCC(=O)O)CC1. The van der Waals surface area contributed by atoms with Crippen molar-refractivity contribution in [2.75, 3.05) is 37.6 Å². The van der Waals surface area contributed by atoms with Crippen molar-refractivity contribution in [2.45, 2.75) is 45.1 Å². The predicted octanol–water partition coefficient (Wildman–Crippen LogP) is 1.92. The zero-order chi connectivity index (χ0) is 20.4. The molecule has 1 saturated heterocycles. The zero-order valence-corrected chi connectivity index (χ0v) is 16.6. The maximum atomic E-state index is 12.5. The third kappa shape index (κ3) is 7.05. The highest BCUT2D eigenvalue weighted by Gasteiger charge is 2.28. The zero-order valence-electron chi connectivity index (χ0n) is 16.6. The van der Waals surface area contributed by atoms with Crippen LogP contribution in [0.1, 0.15) is 39.0 Å². The number of piperidine rings is 1. The molecular formula is C21H31N3O4. The van der Waals surface area contributed by atoms with Crippen molar-refractivity contribution in [3.8, 4) is 0 Å². The first-order valence-corrected chi connectivity index (χ1v) is 10.0. The molecular weight excluding hydrogens is 358 g/mol. The molecule has 1 heterocycles. The van der Waals surface area contributed by atoms with E-state index in [0.29, 0.717) is 13.0 Å². The lowest BCUT2D eigenvalue weighted by Gasteiger charge is -2.38. The topological polar surface area (TPSA) is 90.0 Å². The minimum atomic E-state index is -0.942. The van der Waals surface area contributed by atoms with Gasteiger partial charge in [-0.2, -0.15) is 0 Å². The number of aliphatic carboxylic acids is 1. The Bertz CT molecular complexity index is 642. The number of benzene rings is 1. The summed E-state index contributed by atoms with van der Waals surface area (Å²) in [5, 5.41) is 11.7. The van der Waals surface area contributed by atoms with E-state index >= 15 is 0 Å². The average Bonchev–Trinajstić information content (AvgIpc) is 2.71. The van der Waals surface area contributed by atoms with Gasteiger partial charge in [0, 0.05) is 50.7 Å². The van der Waals surface area contributed by atoms with E-state index in [0.717, 1.165) is 38.2 Å². The normalized spacial score (nSPS) is 15.3. The summed E-state index contributed by atoms with van der Waals surface area (Å²) in [6.45, 7) is 5.48. The van der Waals surface area contributed by atoms with Gasteiger partial charge in [-0.3, -0.25) is 14.4 Å². The first kappa shape index (κ1) is 22.0. The van der Waals surface area contributed by atoms with E-state index in [1.54, 1.807) is 0 Å². The van der Waals surface area contributed by atoms with Crippen molar-refractivity contribution < 1.29 is 19.5 Å². The minimum absolute atomic E-state index is 0.0716. The Kier molecular flexibility index (Phi) is 9.10. The molecule has 154 valence electrons. The molecule has 2 rings (SSSR count). The van der Waals surface area contributed by atoms with Crippen LogP contribution in [-0.2, 0) is 14.4 Å². The van der Waals surface area contributed by atoms with Gasteiger partial charge in [0.15, 0.2) is 0 Å². The highest BCUT2D eigenvalue weighted by Crippen LogP contribution is 2.24. The van der Waals surface area contributed by atoms with Crippen molar-refractivity contribution in [1.82, 2.24) is 10.2 Å². The summed E-state index contributed by atoms with van der Waals surface area (Å²) in [5.41, 5.74) is 0.967. The van der Waals surface area contributed by atoms with Crippen LogP contribution >= 0.6 is 0 Å². The third-order valence-electron chi connectivity index (χ3n) is 5.07. The molecule has 0 atom stereocenters. The number of carbonyl (C=O) groups excluding carboxylic acids is 2. The number of carboxylic acids is 1. The lowest BCUT2D eigenvalue weighted by molar-refractivity contribution is -0.138. The number of nitrogens with zero attached hydrogens (tertiary/aromatic N) is 2. The highest BCUT2D eigenvalue weighted by atomic mass is 16.4. The first-order chi connectivity index (χ1) is 13.5. The molecule has 1 aromatic rings. The number of Topliss-reactive ketones (excluding diaryl/α,β-unsaturated/α-hetero) is 1. The van der Waals surface area contributed by atoms with Gasteiger partial charge in [0.1, 0.15) is 5.78 Å². The van der Waals surface area contributed by atoms with Crippen LogP contribution in [0.3, 0.4) is 0 Å². The molecule has 7 nitrogen and oxygen atoms in total. The highest BCUT2D eigenvalue weighted by molar-refractivity contribution is 5.93. The molecule has 0 radical (unpaired) electrons. The summed E-state index contributed by atoms with van der Waals surface area (Å²) in [6, 6.07) is 10.1. The second kappa shape index (κ2) is 11.6. The maximum Gasteiger partial charge on any atom is 0.303 e. The van der Waals surface area contributed by atoms with E-state index < -0.39 is 5.97 Å². The van der Waals surface area contributed by atoms with E-state index in [-0.39, 0.29) is 37.1 Å². The van der Waals surface area contributed by atoms with Gasteiger partial charge < -0.3 is 20.2 Å². The number of anilines is 1. The molecule has 1 aliphatic heterocycles. The van der Waals surface area contributed by atoms with Gasteiger partial charge in [0.05, 0.1) is 13.0 Å². The Morgan fingerprint density at radius 1 is 1.14 bits per heavy atom. The molecule has 28 heavy (non-hydrogen) atoms. The van der Waals surface area contributed by atoms with E-state index in [4.69, 9.17) is 5.11 Å². The lowest BCUT2D eigenvalue weighted by Crippen LogP contribution is -2.48. The van der Waals surface area contributed by atoms with Crippen LogP contribution in [0.2, 0.25) is 0 Å². The van der Waals surface area contributed by atoms with Crippen LogP contribution in [0, 0.1) is 0 Å². The van der Waals surface area contributed by atoms with Crippen molar-refractivity contribution in [2.24, 2.45) is 0 Å². The van der Waals surface area contributed by atoms with Gasteiger partial charge in [0.25, 0.3) is 0 Å². The second-order valence-electron chi connectivity index (χ2n) is 7.13. The molecule has 1 amide bonds. The molecule has 0 aromatic heterocycles. The molecule has 0 bridgehead atoms. The van der Waals surface area contributed by atoms with Gasteiger partial charge >= 0.3 is 5.97 Å². The number of amides is 1. The fourth-order valence-corrected chi connectivity index (χ4v) is 3.52. The van der Waals surface area contributed by atoms with Crippen molar-refractivity contribution >= 4 is 23.3 Å². The van der Waals surface area contributed by atoms with Crippen molar-refractivity contribution in [3.05, 3.63) is 30.3 Å². The Hall–Kier alpha value is -2.25. The quantitative estimate of drug-likeness (QED) is 0.562. The smallest absolute Gasteiger partial charge is 0.303 e. The summed E-state index contributed by atoms with van der Waals surface area (Å²) in [7, 11) is 0. The van der Waals surface area contributed by atoms with Crippen LogP contribution in [-0.4, -0.2) is 66.4 Å². The average molecular weight is 389 g/mol. The number of hydrogen-bond donors (Lipinski definition) is 2. The second-order valence-corrected chi connectivity index (χ2v) is 7.13. The molecule has 7 heteroatoms. The molecule has 0 saturated carbocycles. The maximum absolute atomic E-state index is 12.5. The van der Waals surface area contributed by atoms with Gasteiger partial charge in [-0.15, -0.1) is 0 Å². The number of hydrogen-bond acceptors (Lipinski definition) is 5. The van der Waals surface area contributed by atoms with Gasteiger partial charge in [-0.1, -0.05) is 25.1 Å². The Morgan fingerprint density at radius 3 is 2.43 bits per heavy atom. The van der Waals surface area contributed by atoms with Gasteiger partial charge in [-0.25, -0.2) is 0 Å². The minimum Gasteiger partial charge on any atom is -0.481 e. The van der Waals surface area contributed by atoms with Crippen LogP contribution < -0.4 is 10.2 Å². The number of ketones is 1. The standard InChI is InChI=1S/C21H31N3O4/c1-2-20(26)24(17-6-4-3-5-7-17)18-10-13-23(14-11-18)15-12-22-16-19(25)8-9-21(27)28/h3-7,18,22H,2,8-16H2,1H3,(H,27,28). The monoisotopic (exact) mass is 389 g/mol. The number of likely N-dealkylation sites (tertiary alicyclic amines) is 1. The van der Waals surface area contributed by atoms with E-state index in [9.17, 15) is 14.4 Å². The van der Waals surface area contributed by atoms with Crippen LogP contribution in [0.25, 0.3) is 0 Å². The number of carbonyl (C=O) groups is 3. The summed E-state index contributed by atoms with van der Waals surface area (Å²) in [4.78, 5) is 38.8. The van der Waals surface area contributed by atoms with E-state index in [1.807, 2.05) is 42.2 Å². The molecule has 0 unspecified atom stereocenters. The molecule has 1 aliphatic rings. The first-order valence-electron chi connectivity index (χ1n) is 10.0. The summed E-state index contributed by atoms with van der Waals surface area (Å²) in [5.74, 6) is -0.855. The fraction of sp³-hybridized carbons (Fsp3) is 0.571. The number of carboxylic acid groups (broad SMARTS) is 1. The summed E-state index contributed by atoms with van der Waals surface area (Å²) in [6.07, 6.45) is 2.32. The summed E-state index contributed by atoms with van der Waals surface area (Å²) >= 11 is 0. The number of rotatable bonds is 11. The Labute approximate surface area is 166 Å². The van der Waals surface area contributed by atoms with Crippen molar-refractivity contribution in [3.63, 3.8) is 0 Å². The van der Waals surface area contributed by atoms with Crippen molar-refractivity contribution in [1.29, 1.82) is 0 Å². The lowest BCUT2D eigenvalue weighted by atomic mass is 10.0. The molecule has 2 N–H and O–H groups in total. The molecule has 1 aromatic carbocycles. The Morgan fingerprint density at radius 2 is 1.82 bits per heavy atom. The predicted molar refractivity (Wildman–Crippen MR) is 108 cm³/mol. The van der Waals surface area contributed by atoms with E-state index in [1.165, 1.54) is 0 Å². The largest absolute Gasteiger partial charge is 0.481 e. The summed E-state index contributed by atoms with van der Waals surface area (Å²) < 4.78 is 0. The van der Waals surface area contributed by atoms with Crippen LogP contribution in [0.15, 0.2) is 30.3 Å².